The number of ether oxygens (including phenoxy) is 2. The molecule has 0 spiro atoms. The van der Waals surface area contributed by atoms with Crippen molar-refractivity contribution in [3.63, 3.8) is 0 Å². The first-order chi connectivity index (χ1) is 11.0. The van der Waals surface area contributed by atoms with E-state index in [0.29, 0.717) is 6.61 Å². The van der Waals surface area contributed by atoms with E-state index >= 15 is 0 Å². The molecule has 0 amide bonds. The van der Waals surface area contributed by atoms with E-state index in [2.05, 4.69) is 4.74 Å². The number of nitrogens with two attached hydrogens (primary N) is 1. The van der Waals surface area contributed by atoms with Gasteiger partial charge in [0.25, 0.3) is 0 Å². The van der Waals surface area contributed by atoms with Crippen molar-refractivity contribution < 1.29 is 14.3 Å². The zero-order valence-corrected chi connectivity index (χ0v) is 15.1. The van der Waals surface area contributed by atoms with Gasteiger partial charge in [-0.2, -0.15) is 0 Å². The van der Waals surface area contributed by atoms with Gasteiger partial charge in [-0.25, -0.2) is 0 Å². The Labute approximate surface area is 149 Å². The molecule has 130 valence electrons. The quantitative estimate of drug-likeness (QED) is 0.804. The molecule has 4 nitrogen and oxygen atoms in total. The average molecular weight is 350 g/mol. The smallest absolute Gasteiger partial charge is 0.307 e. The summed E-state index contributed by atoms with van der Waals surface area (Å²) in [5.74, 6) is 0.556. The number of esters is 1. The van der Waals surface area contributed by atoms with Gasteiger partial charge in [0.1, 0.15) is 12.4 Å². The summed E-state index contributed by atoms with van der Waals surface area (Å²) < 4.78 is 10.6. The zero-order valence-electron chi connectivity index (χ0n) is 14.2. The van der Waals surface area contributed by atoms with E-state index in [1.54, 1.807) is 0 Å². The van der Waals surface area contributed by atoms with E-state index in [0.717, 1.165) is 28.0 Å². The lowest BCUT2D eigenvalue weighted by atomic mass is 9.99. The molecule has 0 heterocycles. The van der Waals surface area contributed by atoms with Crippen molar-refractivity contribution in [2.24, 2.45) is 5.73 Å². The van der Waals surface area contributed by atoms with Crippen LogP contribution in [0.15, 0.2) is 42.5 Å². The van der Waals surface area contributed by atoms with Gasteiger partial charge < -0.3 is 15.2 Å². The Hall–Kier alpha value is -2.04. The zero-order chi connectivity index (χ0) is 16.8. The summed E-state index contributed by atoms with van der Waals surface area (Å²) in [5.41, 5.74) is 10.1. The van der Waals surface area contributed by atoms with Crippen LogP contribution in [0.5, 0.6) is 5.75 Å². The summed E-state index contributed by atoms with van der Waals surface area (Å²) in [6.45, 7) is 4.50. The molecule has 0 unspecified atom stereocenters. The predicted octanol–water partition coefficient (Wildman–Crippen LogP) is 3.87. The van der Waals surface area contributed by atoms with Crippen molar-refractivity contribution in [1.82, 2.24) is 0 Å². The number of aryl methyl sites for hydroxylation is 2. The largest absolute Gasteiger partial charge is 0.488 e. The number of hydrogen-bond donors (Lipinski definition) is 1. The molecule has 0 aliphatic heterocycles. The molecular formula is C19H24ClNO3. The molecule has 0 radical (unpaired) electrons. The second kappa shape index (κ2) is 9.30. The topological polar surface area (TPSA) is 61.5 Å². The van der Waals surface area contributed by atoms with Crippen LogP contribution in [0.1, 0.15) is 34.7 Å². The maximum Gasteiger partial charge on any atom is 0.307 e. The molecule has 2 N–H and O–H groups in total. The van der Waals surface area contributed by atoms with Gasteiger partial charge in [-0.15, -0.1) is 12.4 Å². The molecule has 0 aliphatic carbocycles. The number of halogens is 1. The molecule has 2 rings (SSSR count). The molecular weight excluding hydrogens is 326 g/mol. The minimum atomic E-state index is -0.372. The second-order valence-electron chi connectivity index (χ2n) is 5.64. The van der Waals surface area contributed by atoms with Crippen LogP contribution in [0.3, 0.4) is 0 Å². The van der Waals surface area contributed by atoms with Crippen molar-refractivity contribution >= 4 is 18.4 Å². The maximum atomic E-state index is 11.4. The first-order valence-corrected chi connectivity index (χ1v) is 7.61. The van der Waals surface area contributed by atoms with Gasteiger partial charge in [0.2, 0.25) is 0 Å². The van der Waals surface area contributed by atoms with Crippen LogP contribution in [-0.4, -0.2) is 13.1 Å². The fraction of sp³-hybridized carbons (Fsp3) is 0.316. The monoisotopic (exact) mass is 349 g/mol. The Bertz CT molecular complexity index is 651. The van der Waals surface area contributed by atoms with Gasteiger partial charge in [0.15, 0.2) is 0 Å². The van der Waals surface area contributed by atoms with E-state index in [1.807, 2.05) is 56.3 Å². The first-order valence-electron chi connectivity index (χ1n) is 7.61. The Balaban J connectivity index is 0.00000288. The Morgan fingerprint density at radius 3 is 2.25 bits per heavy atom. The third-order valence-corrected chi connectivity index (χ3v) is 3.75. The fourth-order valence-electron chi connectivity index (χ4n) is 2.54. The van der Waals surface area contributed by atoms with Crippen LogP contribution < -0.4 is 10.5 Å². The van der Waals surface area contributed by atoms with Gasteiger partial charge >= 0.3 is 5.97 Å². The van der Waals surface area contributed by atoms with Gasteiger partial charge in [-0.3, -0.25) is 4.79 Å². The standard InChI is InChI=1S/C19H23NO3.ClH/c1-13-9-16(17(20)11-18(21)22-3)10-14(2)19(13)23-12-15-7-5-4-6-8-15;/h4-10,17H,11-12,20H2,1-3H3;1H/t17-;/m0./s1. The van der Waals surface area contributed by atoms with E-state index in [-0.39, 0.29) is 30.8 Å². The molecule has 1 atom stereocenters. The Morgan fingerprint density at radius 2 is 1.71 bits per heavy atom. The molecule has 24 heavy (non-hydrogen) atoms. The van der Waals surface area contributed by atoms with Crippen molar-refractivity contribution in [1.29, 1.82) is 0 Å². The summed E-state index contributed by atoms with van der Waals surface area (Å²) in [5, 5.41) is 0. The third kappa shape index (κ3) is 5.25. The van der Waals surface area contributed by atoms with Crippen molar-refractivity contribution in [3.05, 3.63) is 64.7 Å². The summed E-state index contributed by atoms with van der Waals surface area (Å²) >= 11 is 0. The van der Waals surface area contributed by atoms with Crippen molar-refractivity contribution in [2.45, 2.75) is 32.9 Å². The molecule has 2 aromatic carbocycles. The molecule has 5 heteroatoms. The van der Waals surface area contributed by atoms with Crippen LogP contribution in [0.4, 0.5) is 0 Å². The van der Waals surface area contributed by atoms with Crippen LogP contribution in [0.2, 0.25) is 0 Å². The van der Waals surface area contributed by atoms with Crippen molar-refractivity contribution in [2.75, 3.05) is 7.11 Å². The summed E-state index contributed by atoms with van der Waals surface area (Å²) in [6.07, 6.45) is 0.166. The third-order valence-electron chi connectivity index (χ3n) is 3.75. The van der Waals surface area contributed by atoms with E-state index in [1.165, 1.54) is 7.11 Å². The minimum Gasteiger partial charge on any atom is -0.488 e. The van der Waals surface area contributed by atoms with Gasteiger partial charge in [0, 0.05) is 6.04 Å². The van der Waals surface area contributed by atoms with Gasteiger partial charge in [-0.1, -0.05) is 42.5 Å². The normalized spacial score (nSPS) is 11.3. The predicted molar refractivity (Wildman–Crippen MR) is 97.5 cm³/mol. The first kappa shape index (κ1) is 20.0. The fourth-order valence-corrected chi connectivity index (χ4v) is 2.54. The number of methoxy groups -OCH3 is 1. The highest BCUT2D eigenvalue weighted by Gasteiger charge is 2.15. The molecule has 2 aromatic rings. The number of rotatable bonds is 6. The van der Waals surface area contributed by atoms with Crippen molar-refractivity contribution in [3.8, 4) is 5.75 Å². The highest BCUT2D eigenvalue weighted by molar-refractivity contribution is 5.85. The van der Waals surface area contributed by atoms with Crippen LogP contribution in [0.25, 0.3) is 0 Å². The molecule has 0 saturated carbocycles. The Morgan fingerprint density at radius 1 is 1.12 bits per heavy atom. The lowest BCUT2D eigenvalue weighted by molar-refractivity contribution is -0.141. The summed E-state index contributed by atoms with van der Waals surface area (Å²) in [7, 11) is 1.37. The maximum absolute atomic E-state index is 11.4. The molecule has 0 saturated heterocycles. The average Bonchev–Trinajstić information content (AvgIpc) is 2.54. The highest BCUT2D eigenvalue weighted by Crippen LogP contribution is 2.28. The van der Waals surface area contributed by atoms with E-state index < -0.39 is 0 Å². The van der Waals surface area contributed by atoms with Crippen LogP contribution in [0, 0.1) is 13.8 Å². The number of benzene rings is 2. The molecule has 0 fully saturated rings. The Kier molecular flexibility index (Phi) is 7.75. The second-order valence-corrected chi connectivity index (χ2v) is 5.64. The van der Waals surface area contributed by atoms with Crippen LogP contribution >= 0.6 is 12.4 Å². The van der Waals surface area contributed by atoms with E-state index in [9.17, 15) is 4.79 Å². The summed E-state index contributed by atoms with van der Waals surface area (Å²) in [4.78, 5) is 11.4. The van der Waals surface area contributed by atoms with E-state index in [4.69, 9.17) is 10.5 Å². The minimum absolute atomic E-state index is 0. The highest BCUT2D eigenvalue weighted by atomic mass is 35.5. The number of hydrogen-bond acceptors (Lipinski definition) is 4. The number of carbonyl (C=O) groups excluding carboxylic acids is 1. The molecule has 0 aliphatic rings. The molecule has 0 bridgehead atoms. The SMILES string of the molecule is COC(=O)C[C@H](N)c1cc(C)c(OCc2ccccc2)c(C)c1.Cl. The number of carbonyl (C=O) groups is 1. The lowest BCUT2D eigenvalue weighted by Gasteiger charge is -2.17. The lowest BCUT2D eigenvalue weighted by Crippen LogP contribution is -2.16. The van der Waals surface area contributed by atoms with Crippen LogP contribution in [-0.2, 0) is 16.1 Å². The van der Waals surface area contributed by atoms with Gasteiger partial charge in [-0.05, 0) is 36.1 Å². The van der Waals surface area contributed by atoms with Gasteiger partial charge in [0.05, 0.1) is 13.5 Å². The molecule has 0 aromatic heterocycles. The summed E-state index contributed by atoms with van der Waals surface area (Å²) in [6, 6.07) is 13.6.